The summed E-state index contributed by atoms with van der Waals surface area (Å²) >= 11 is 0. The molecular formula is C22H34N4O2. The van der Waals surface area contributed by atoms with Crippen LogP contribution in [0, 0.1) is 6.92 Å². The van der Waals surface area contributed by atoms with Crippen LogP contribution in [-0.2, 0) is 9.59 Å². The van der Waals surface area contributed by atoms with Gasteiger partial charge in [0.05, 0.1) is 12.6 Å². The second-order valence-electron chi connectivity index (χ2n) is 8.25. The Kier molecular flexibility index (Phi) is 7.45. The second-order valence-corrected chi connectivity index (χ2v) is 8.25. The number of carbonyl (C=O) groups is 2. The first-order chi connectivity index (χ1) is 13.5. The summed E-state index contributed by atoms with van der Waals surface area (Å²) in [4.78, 5) is 29.2. The topological polar surface area (TPSA) is 64.7 Å². The summed E-state index contributed by atoms with van der Waals surface area (Å²) in [6.07, 6.45) is 5.97. The molecule has 28 heavy (non-hydrogen) atoms. The van der Waals surface area contributed by atoms with Gasteiger partial charge in [-0.2, -0.15) is 0 Å². The van der Waals surface area contributed by atoms with Gasteiger partial charge in [0.2, 0.25) is 11.8 Å². The minimum absolute atomic E-state index is 0.0143. The van der Waals surface area contributed by atoms with Gasteiger partial charge in [0.25, 0.3) is 0 Å². The average Bonchev–Trinajstić information content (AvgIpc) is 2.70. The standard InChI is InChI=1S/C22H34N4O2/c1-17-8-10-20(11-9-17)23-21(27)16-25-12-14-26(15-13-25)18(2)22(28)24-19-6-4-3-5-7-19/h8-11,18-19H,3-7,12-16H2,1-2H3,(H,23,27)(H,24,28)/t18-/m0/s1. The second kappa shape index (κ2) is 10.0. The number of nitrogens with zero attached hydrogens (tertiary/aromatic N) is 2. The summed E-state index contributed by atoms with van der Waals surface area (Å²) in [7, 11) is 0. The van der Waals surface area contributed by atoms with Crippen LogP contribution in [0.15, 0.2) is 24.3 Å². The Morgan fingerprint density at radius 2 is 1.68 bits per heavy atom. The van der Waals surface area contributed by atoms with Crippen LogP contribution in [0.25, 0.3) is 0 Å². The molecule has 3 rings (SSSR count). The molecule has 1 aromatic carbocycles. The van der Waals surface area contributed by atoms with E-state index in [0.29, 0.717) is 12.6 Å². The summed E-state index contributed by atoms with van der Waals surface area (Å²) in [6, 6.07) is 8.10. The number of rotatable bonds is 6. The molecule has 1 saturated carbocycles. The maximum Gasteiger partial charge on any atom is 0.238 e. The number of anilines is 1. The van der Waals surface area contributed by atoms with Crippen LogP contribution in [0.3, 0.4) is 0 Å². The van der Waals surface area contributed by atoms with Gasteiger partial charge in [-0.1, -0.05) is 37.0 Å². The number of benzene rings is 1. The van der Waals surface area contributed by atoms with Crippen molar-refractivity contribution in [3.8, 4) is 0 Å². The van der Waals surface area contributed by atoms with Crippen molar-refractivity contribution in [3.05, 3.63) is 29.8 Å². The van der Waals surface area contributed by atoms with Gasteiger partial charge in [-0.15, -0.1) is 0 Å². The van der Waals surface area contributed by atoms with Crippen LogP contribution >= 0.6 is 0 Å². The van der Waals surface area contributed by atoms with E-state index in [9.17, 15) is 9.59 Å². The lowest BCUT2D eigenvalue weighted by Gasteiger charge is -2.37. The molecule has 0 aromatic heterocycles. The first-order valence-electron chi connectivity index (χ1n) is 10.6. The highest BCUT2D eigenvalue weighted by molar-refractivity contribution is 5.92. The van der Waals surface area contributed by atoms with Crippen molar-refractivity contribution in [2.75, 3.05) is 38.0 Å². The lowest BCUT2D eigenvalue weighted by molar-refractivity contribution is -0.128. The Bertz CT molecular complexity index is 647. The first kappa shape index (κ1) is 20.8. The predicted octanol–water partition coefficient (Wildman–Crippen LogP) is 2.39. The molecule has 6 heteroatoms. The predicted molar refractivity (Wildman–Crippen MR) is 112 cm³/mol. The third-order valence-corrected chi connectivity index (χ3v) is 5.99. The number of nitrogens with one attached hydrogen (secondary N) is 2. The fourth-order valence-corrected chi connectivity index (χ4v) is 4.08. The summed E-state index contributed by atoms with van der Waals surface area (Å²) in [6.45, 7) is 7.67. The number of hydrogen-bond donors (Lipinski definition) is 2. The molecule has 1 heterocycles. The Hall–Kier alpha value is -1.92. The van der Waals surface area contributed by atoms with Crippen LogP contribution in [0.1, 0.15) is 44.6 Å². The van der Waals surface area contributed by atoms with E-state index < -0.39 is 0 Å². The highest BCUT2D eigenvalue weighted by Gasteiger charge is 2.27. The minimum atomic E-state index is -0.106. The number of carbonyl (C=O) groups excluding carboxylic acids is 2. The van der Waals surface area contributed by atoms with Crippen molar-refractivity contribution in [1.82, 2.24) is 15.1 Å². The van der Waals surface area contributed by atoms with Gasteiger partial charge in [-0.05, 0) is 38.8 Å². The zero-order valence-electron chi connectivity index (χ0n) is 17.2. The average molecular weight is 387 g/mol. The molecule has 0 bridgehead atoms. The van der Waals surface area contributed by atoms with Gasteiger partial charge < -0.3 is 10.6 Å². The lowest BCUT2D eigenvalue weighted by atomic mass is 9.95. The van der Waals surface area contributed by atoms with E-state index in [0.717, 1.165) is 44.7 Å². The van der Waals surface area contributed by atoms with E-state index >= 15 is 0 Å². The Morgan fingerprint density at radius 3 is 2.32 bits per heavy atom. The van der Waals surface area contributed by atoms with Crippen LogP contribution in [-0.4, -0.2) is 66.4 Å². The maximum atomic E-state index is 12.6. The Labute approximate surface area is 168 Å². The highest BCUT2D eigenvalue weighted by Crippen LogP contribution is 2.18. The molecule has 1 atom stereocenters. The molecule has 2 aliphatic rings. The zero-order chi connectivity index (χ0) is 19.9. The number of piperazine rings is 1. The first-order valence-corrected chi connectivity index (χ1v) is 10.6. The SMILES string of the molecule is Cc1ccc(NC(=O)CN2CCN([C@@H](C)C(=O)NC3CCCCC3)CC2)cc1. The highest BCUT2D eigenvalue weighted by atomic mass is 16.2. The van der Waals surface area contributed by atoms with Gasteiger partial charge in [-0.3, -0.25) is 19.4 Å². The van der Waals surface area contributed by atoms with Gasteiger partial charge in [0.15, 0.2) is 0 Å². The smallest absolute Gasteiger partial charge is 0.238 e. The quantitative estimate of drug-likeness (QED) is 0.788. The summed E-state index contributed by atoms with van der Waals surface area (Å²) < 4.78 is 0. The van der Waals surface area contributed by atoms with Gasteiger partial charge >= 0.3 is 0 Å². The van der Waals surface area contributed by atoms with Crippen molar-refractivity contribution in [3.63, 3.8) is 0 Å². The van der Waals surface area contributed by atoms with E-state index in [-0.39, 0.29) is 17.9 Å². The molecule has 1 aliphatic carbocycles. The van der Waals surface area contributed by atoms with E-state index in [2.05, 4.69) is 20.4 Å². The molecule has 0 radical (unpaired) electrons. The zero-order valence-corrected chi connectivity index (χ0v) is 17.2. The van der Waals surface area contributed by atoms with E-state index in [1.165, 1.54) is 24.8 Å². The fraction of sp³-hybridized carbons (Fsp3) is 0.636. The van der Waals surface area contributed by atoms with Crippen molar-refractivity contribution >= 4 is 17.5 Å². The molecule has 1 saturated heterocycles. The molecular weight excluding hydrogens is 352 g/mol. The molecule has 2 N–H and O–H groups in total. The van der Waals surface area contributed by atoms with E-state index in [1.807, 2.05) is 38.1 Å². The van der Waals surface area contributed by atoms with Gasteiger partial charge in [0, 0.05) is 37.9 Å². The minimum Gasteiger partial charge on any atom is -0.352 e. The third kappa shape index (κ3) is 6.04. The number of aryl methyl sites for hydroxylation is 1. The summed E-state index contributed by atoms with van der Waals surface area (Å²) in [5.74, 6) is 0.165. The van der Waals surface area contributed by atoms with E-state index in [4.69, 9.17) is 0 Å². The van der Waals surface area contributed by atoms with Crippen molar-refractivity contribution < 1.29 is 9.59 Å². The van der Waals surface area contributed by atoms with Crippen molar-refractivity contribution in [1.29, 1.82) is 0 Å². The lowest BCUT2D eigenvalue weighted by Crippen LogP contribution is -2.55. The molecule has 0 unspecified atom stereocenters. The molecule has 2 amide bonds. The molecule has 154 valence electrons. The maximum absolute atomic E-state index is 12.6. The van der Waals surface area contributed by atoms with E-state index in [1.54, 1.807) is 0 Å². The fourth-order valence-electron chi connectivity index (χ4n) is 4.08. The van der Waals surface area contributed by atoms with Gasteiger partial charge in [0.1, 0.15) is 0 Å². The molecule has 2 fully saturated rings. The molecule has 1 aliphatic heterocycles. The molecule has 6 nitrogen and oxygen atoms in total. The molecule has 0 spiro atoms. The Morgan fingerprint density at radius 1 is 1.04 bits per heavy atom. The largest absolute Gasteiger partial charge is 0.352 e. The van der Waals surface area contributed by atoms with Crippen LogP contribution in [0.4, 0.5) is 5.69 Å². The Balaban J connectivity index is 1.39. The molecule has 1 aromatic rings. The monoisotopic (exact) mass is 386 g/mol. The normalized spacial score (nSPS) is 20.5. The van der Waals surface area contributed by atoms with Crippen LogP contribution in [0.5, 0.6) is 0 Å². The number of hydrogen-bond acceptors (Lipinski definition) is 4. The van der Waals surface area contributed by atoms with Gasteiger partial charge in [-0.25, -0.2) is 0 Å². The van der Waals surface area contributed by atoms with Crippen molar-refractivity contribution in [2.45, 2.75) is 58.0 Å². The summed E-state index contributed by atoms with van der Waals surface area (Å²) in [5.41, 5.74) is 2.01. The van der Waals surface area contributed by atoms with Crippen LogP contribution in [0.2, 0.25) is 0 Å². The van der Waals surface area contributed by atoms with Crippen LogP contribution < -0.4 is 10.6 Å². The third-order valence-electron chi connectivity index (χ3n) is 5.99. The summed E-state index contributed by atoms with van der Waals surface area (Å²) in [5, 5.41) is 6.19. The number of amides is 2. The van der Waals surface area contributed by atoms with Crippen molar-refractivity contribution in [2.24, 2.45) is 0 Å².